The summed E-state index contributed by atoms with van der Waals surface area (Å²) in [6, 6.07) is 4.41. The van der Waals surface area contributed by atoms with Crippen LogP contribution in [0.2, 0.25) is 0 Å². The highest BCUT2D eigenvalue weighted by Gasteiger charge is 2.30. The topological polar surface area (TPSA) is 32.3 Å². The van der Waals surface area contributed by atoms with Crippen molar-refractivity contribution in [3.05, 3.63) is 35.4 Å². The van der Waals surface area contributed by atoms with Crippen LogP contribution in [0.4, 0.5) is 13.2 Å². The van der Waals surface area contributed by atoms with Crippen LogP contribution in [-0.2, 0) is 6.18 Å². The second-order valence-electron chi connectivity index (χ2n) is 4.88. The Morgan fingerprint density at radius 2 is 1.85 bits per heavy atom. The molecule has 1 fully saturated rings. The van der Waals surface area contributed by atoms with Crippen LogP contribution in [-0.4, -0.2) is 43.4 Å². The van der Waals surface area contributed by atoms with Crippen LogP contribution < -0.4 is 5.32 Å². The van der Waals surface area contributed by atoms with Gasteiger partial charge in [0.15, 0.2) is 5.78 Å². The first-order valence-corrected chi connectivity index (χ1v) is 6.60. The van der Waals surface area contributed by atoms with Gasteiger partial charge >= 0.3 is 6.18 Å². The standard InChI is InChI=1S/C14H17F3N2O/c15-14(16,17)12-4-2-11(3-5-12)13(20)10-19-8-1-6-18-7-9-19/h2-5,18H,1,6-10H2. The van der Waals surface area contributed by atoms with Crippen LogP contribution in [0, 0.1) is 0 Å². The summed E-state index contributed by atoms with van der Waals surface area (Å²) in [5, 5.41) is 3.24. The molecule has 0 spiro atoms. The number of nitrogens with zero attached hydrogens (tertiary/aromatic N) is 1. The quantitative estimate of drug-likeness (QED) is 0.864. The summed E-state index contributed by atoms with van der Waals surface area (Å²) in [4.78, 5) is 14.1. The first kappa shape index (κ1) is 15.0. The lowest BCUT2D eigenvalue weighted by Crippen LogP contribution is -2.33. The molecule has 1 aliphatic rings. The maximum absolute atomic E-state index is 12.4. The van der Waals surface area contributed by atoms with Gasteiger partial charge in [-0.1, -0.05) is 12.1 Å². The molecular weight excluding hydrogens is 269 g/mol. The maximum Gasteiger partial charge on any atom is 0.416 e. The zero-order valence-electron chi connectivity index (χ0n) is 11.0. The summed E-state index contributed by atoms with van der Waals surface area (Å²) >= 11 is 0. The van der Waals surface area contributed by atoms with Gasteiger partial charge in [0.05, 0.1) is 12.1 Å². The Morgan fingerprint density at radius 1 is 1.15 bits per heavy atom. The summed E-state index contributed by atoms with van der Waals surface area (Å²) < 4.78 is 37.3. The Kier molecular flexibility index (Phi) is 4.77. The summed E-state index contributed by atoms with van der Waals surface area (Å²) in [6.07, 6.45) is -3.39. The Labute approximate surface area is 115 Å². The van der Waals surface area contributed by atoms with Gasteiger partial charge in [0, 0.05) is 18.7 Å². The molecule has 2 rings (SSSR count). The van der Waals surface area contributed by atoms with Crippen molar-refractivity contribution in [2.75, 3.05) is 32.7 Å². The predicted octanol–water partition coefficient (Wildman–Crippen LogP) is 2.18. The fraction of sp³-hybridized carbons (Fsp3) is 0.500. The van der Waals surface area contributed by atoms with E-state index in [1.807, 2.05) is 4.90 Å². The normalized spacial score (nSPS) is 17.8. The minimum absolute atomic E-state index is 0.138. The third-order valence-electron chi connectivity index (χ3n) is 3.33. The molecule has 0 aliphatic carbocycles. The Bertz CT molecular complexity index is 448. The van der Waals surface area contributed by atoms with Gasteiger partial charge in [0.25, 0.3) is 0 Å². The average molecular weight is 286 g/mol. The van der Waals surface area contributed by atoms with E-state index < -0.39 is 11.7 Å². The van der Waals surface area contributed by atoms with Crippen molar-refractivity contribution < 1.29 is 18.0 Å². The lowest BCUT2D eigenvalue weighted by molar-refractivity contribution is -0.137. The number of nitrogens with one attached hydrogen (secondary N) is 1. The minimum atomic E-state index is -4.36. The SMILES string of the molecule is O=C(CN1CCCNCC1)c1ccc(C(F)(F)F)cc1. The molecule has 20 heavy (non-hydrogen) atoms. The van der Waals surface area contributed by atoms with E-state index in [1.165, 1.54) is 12.1 Å². The summed E-state index contributed by atoms with van der Waals surface area (Å²) in [7, 11) is 0. The van der Waals surface area contributed by atoms with Crippen LogP contribution in [0.5, 0.6) is 0 Å². The molecule has 1 aromatic rings. The summed E-state index contributed by atoms with van der Waals surface area (Å²) in [5.41, 5.74) is -0.400. The van der Waals surface area contributed by atoms with Gasteiger partial charge in [-0.15, -0.1) is 0 Å². The molecular formula is C14H17F3N2O. The molecule has 0 amide bonds. The first-order valence-electron chi connectivity index (χ1n) is 6.60. The molecule has 6 heteroatoms. The van der Waals surface area contributed by atoms with Crippen LogP contribution in [0.25, 0.3) is 0 Å². The molecule has 1 N–H and O–H groups in total. The zero-order valence-corrected chi connectivity index (χ0v) is 11.0. The van der Waals surface area contributed by atoms with Crippen molar-refractivity contribution in [3.8, 4) is 0 Å². The van der Waals surface area contributed by atoms with E-state index in [0.29, 0.717) is 5.56 Å². The highest BCUT2D eigenvalue weighted by molar-refractivity contribution is 5.97. The second-order valence-corrected chi connectivity index (χ2v) is 4.88. The molecule has 1 saturated heterocycles. The Morgan fingerprint density at radius 3 is 2.50 bits per heavy atom. The zero-order chi connectivity index (χ0) is 14.6. The van der Waals surface area contributed by atoms with Gasteiger partial charge in [-0.25, -0.2) is 0 Å². The fourth-order valence-corrected chi connectivity index (χ4v) is 2.20. The number of hydrogen-bond acceptors (Lipinski definition) is 3. The molecule has 0 bridgehead atoms. The highest BCUT2D eigenvalue weighted by atomic mass is 19.4. The van der Waals surface area contributed by atoms with E-state index in [9.17, 15) is 18.0 Å². The molecule has 110 valence electrons. The molecule has 3 nitrogen and oxygen atoms in total. The fourth-order valence-electron chi connectivity index (χ4n) is 2.20. The van der Waals surface area contributed by atoms with E-state index in [-0.39, 0.29) is 12.3 Å². The van der Waals surface area contributed by atoms with Crippen LogP contribution in [0.1, 0.15) is 22.3 Å². The van der Waals surface area contributed by atoms with E-state index in [4.69, 9.17) is 0 Å². The van der Waals surface area contributed by atoms with Gasteiger partial charge in [0.2, 0.25) is 0 Å². The lowest BCUT2D eigenvalue weighted by atomic mass is 10.1. The van der Waals surface area contributed by atoms with Crippen LogP contribution in [0.3, 0.4) is 0 Å². The molecule has 1 aliphatic heterocycles. The molecule has 0 radical (unpaired) electrons. The second kappa shape index (κ2) is 6.37. The number of halogens is 3. The van der Waals surface area contributed by atoms with E-state index in [2.05, 4.69) is 5.32 Å². The third-order valence-corrected chi connectivity index (χ3v) is 3.33. The molecule has 1 aromatic carbocycles. The van der Waals surface area contributed by atoms with Crippen molar-refractivity contribution in [3.63, 3.8) is 0 Å². The van der Waals surface area contributed by atoms with E-state index in [1.54, 1.807) is 0 Å². The monoisotopic (exact) mass is 286 g/mol. The largest absolute Gasteiger partial charge is 0.416 e. The van der Waals surface area contributed by atoms with Gasteiger partial charge < -0.3 is 5.32 Å². The maximum atomic E-state index is 12.4. The van der Waals surface area contributed by atoms with Gasteiger partial charge in [0.1, 0.15) is 0 Å². The van der Waals surface area contributed by atoms with Crippen molar-refractivity contribution >= 4 is 5.78 Å². The summed E-state index contributed by atoms with van der Waals surface area (Å²) in [6.45, 7) is 3.64. The lowest BCUT2D eigenvalue weighted by Gasteiger charge is -2.18. The van der Waals surface area contributed by atoms with Crippen LogP contribution in [0.15, 0.2) is 24.3 Å². The number of ketones is 1. The number of Topliss-reactive ketones (excluding diaryl/α,β-unsaturated/α-hetero) is 1. The Hall–Kier alpha value is -1.40. The average Bonchev–Trinajstić information content (AvgIpc) is 2.66. The number of hydrogen-bond donors (Lipinski definition) is 1. The molecule has 0 unspecified atom stereocenters. The van der Waals surface area contributed by atoms with Gasteiger partial charge in [-0.3, -0.25) is 9.69 Å². The van der Waals surface area contributed by atoms with Gasteiger partial charge in [-0.05, 0) is 31.6 Å². The van der Waals surface area contributed by atoms with Crippen molar-refractivity contribution in [1.29, 1.82) is 0 Å². The van der Waals surface area contributed by atoms with Crippen molar-refractivity contribution in [1.82, 2.24) is 10.2 Å². The molecule has 1 heterocycles. The molecule has 0 aromatic heterocycles. The number of rotatable bonds is 3. The number of carbonyl (C=O) groups excluding carboxylic acids is 1. The highest BCUT2D eigenvalue weighted by Crippen LogP contribution is 2.29. The van der Waals surface area contributed by atoms with Crippen LogP contribution >= 0.6 is 0 Å². The van der Waals surface area contributed by atoms with Gasteiger partial charge in [-0.2, -0.15) is 13.2 Å². The number of carbonyl (C=O) groups is 1. The van der Waals surface area contributed by atoms with Crippen molar-refractivity contribution in [2.24, 2.45) is 0 Å². The molecule has 0 saturated carbocycles. The smallest absolute Gasteiger partial charge is 0.315 e. The Balaban J connectivity index is 1.98. The van der Waals surface area contributed by atoms with E-state index >= 15 is 0 Å². The van der Waals surface area contributed by atoms with Crippen molar-refractivity contribution in [2.45, 2.75) is 12.6 Å². The number of alkyl halides is 3. The third kappa shape index (κ3) is 4.05. The molecule has 0 atom stereocenters. The van der Waals surface area contributed by atoms with E-state index in [0.717, 1.165) is 44.7 Å². The minimum Gasteiger partial charge on any atom is -0.315 e. The number of benzene rings is 1. The predicted molar refractivity (Wildman–Crippen MR) is 69.7 cm³/mol. The first-order chi connectivity index (χ1) is 9.47. The summed E-state index contributed by atoms with van der Waals surface area (Å²) in [5.74, 6) is -0.138.